The highest BCUT2D eigenvalue weighted by Crippen LogP contribution is 2.20. The third kappa shape index (κ3) is 5.38. The van der Waals surface area contributed by atoms with Gasteiger partial charge in [-0.25, -0.2) is 0 Å². The molecule has 0 radical (unpaired) electrons. The smallest absolute Gasteiger partial charge is 0.117 e. The highest BCUT2D eigenvalue weighted by atomic mass is 32.1. The lowest BCUT2D eigenvalue weighted by Gasteiger charge is -2.35. The molecule has 2 aromatic carbocycles. The molecule has 2 aromatic rings. The molecule has 0 aromatic heterocycles. The predicted octanol–water partition coefficient (Wildman–Crippen LogP) is 2.61. The summed E-state index contributed by atoms with van der Waals surface area (Å²) in [5.74, 6) is 0. The summed E-state index contributed by atoms with van der Waals surface area (Å²) in [4.78, 5) is 0. The molecular weight excluding hydrogens is 362 g/mol. The van der Waals surface area contributed by atoms with Crippen molar-refractivity contribution in [2.75, 3.05) is 6.54 Å². The SMILES string of the molecule is C[Si](C[C@@H](O)[C@@H]1CCCCN1)(c1ccccc1)c1ccccc1.S.S. The van der Waals surface area contributed by atoms with Crippen LogP contribution in [0.4, 0.5) is 0 Å². The highest BCUT2D eigenvalue weighted by molar-refractivity contribution is 7.59. The summed E-state index contributed by atoms with van der Waals surface area (Å²) in [6, 6.07) is 22.7. The number of hydrogen-bond donors (Lipinski definition) is 2. The Balaban J connectivity index is 0.00000156. The molecule has 25 heavy (non-hydrogen) atoms. The molecule has 1 heterocycles. The maximum atomic E-state index is 10.9. The van der Waals surface area contributed by atoms with E-state index in [1.807, 2.05) is 0 Å². The average Bonchev–Trinajstić information content (AvgIpc) is 2.64. The number of rotatable bonds is 5. The van der Waals surface area contributed by atoms with Crippen molar-refractivity contribution in [3.63, 3.8) is 0 Å². The summed E-state index contributed by atoms with van der Waals surface area (Å²) in [7, 11) is -1.94. The number of aliphatic hydroxyl groups excluding tert-OH is 1. The normalized spacial score (nSPS) is 18.6. The minimum absolute atomic E-state index is 0. The van der Waals surface area contributed by atoms with Gasteiger partial charge in [0, 0.05) is 6.04 Å². The summed E-state index contributed by atoms with van der Waals surface area (Å²) >= 11 is 0. The Morgan fingerprint density at radius 1 is 0.960 bits per heavy atom. The Kier molecular flexibility index (Phi) is 9.31. The number of nitrogens with one attached hydrogen (secondary N) is 1. The molecule has 1 fully saturated rings. The van der Waals surface area contributed by atoms with Crippen LogP contribution in [-0.4, -0.2) is 31.9 Å². The topological polar surface area (TPSA) is 32.3 Å². The first-order valence-electron chi connectivity index (χ1n) is 8.73. The lowest BCUT2D eigenvalue weighted by Crippen LogP contribution is -2.59. The van der Waals surface area contributed by atoms with E-state index in [0.717, 1.165) is 19.0 Å². The quantitative estimate of drug-likeness (QED) is 0.766. The molecule has 0 amide bonds. The molecule has 1 aliphatic heterocycles. The van der Waals surface area contributed by atoms with Gasteiger partial charge in [-0.15, -0.1) is 0 Å². The zero-order valence-electron chi connectivity index (χ0n) is 14.9. The fraction of sp³-hybridized carbons (Fsp3) is 0.400. The largest absolute Gasteiger partial charge is 0.392 e. The van der Waals surface area contributed by atoms with Crippen LogP contribution < -0.4 is 15.7 Å². The van der Waals surface area contributed by atoms with Gasteiger partial charge in [-0.3, -0.25) is 0 Å². The maximum absolute atomic E-state index is 10.9. The van der Waals surface area contributed by atoms with Crippen molar-refractivity contribution in [3.8, 4) is 0 Å². The van der Waals surface area contributed by atoms with E-state index in [1.54, 1.807) is 0 Å². The molecule has 0 unspecified atom stereocenters. The molecule has 138 valence electrons. The van der Waals surface area contributed by atoms with Crippen molar-refractivity contribution in [2.24, 2.45) is 0 Å². The second kappa shape index (κ2) is 10.4. The van der Waals surface area contributed by atoms with E-state index >= 15 is 0 Å². The maximum Gasteiger partial charge on any atom is 0.117 e. The van der Waals surface area contributed by atoms with Crippen LogP contribution in [0.25, 0.3) is 0 Å². The van der Waals surface area contributed by atoms with Crippen LogP contribution >= 0.6 is 27.0 Å². The molecule has 1 saturated heterocycles. The molecule has 0 aliphatic carbocycles. The summed E-state index contributed by atoms with van der Waals surface area (Å²) in [6.45, 7) is 3.43. The molecule has 2 atom stereocenters. The van der Waals surface area contributed by atoms with Crippen molar-refractivity contribution in [1.29, 1.82) is 0 Å². The zero-order valence-corrected chi connectivity index (χ0v) is 17.9. The van der Waals surface area contributed by atoms with Gasteiger partial charge in [0.2, 0.25) is 0 Å². The van der Waals surface area contributed by atoms with E-state index in [9.17, 15) is 5.11 Å². The number of piperidine rings is 1. The summed E-state index contributed by atoms with van der Waals surface area (Å²) < 4.78 is 0. The van der Waals surface area contributed by atoms with Gasteiger partial charge in [-0.05, 0) is 25.4 Å². The second-order valence-corrected chi connectivity index (χ2v) is 11.1. The fourth-order valence-corrected chi connectivity index (χ4v) is 7.56. The number of aliphatic hydroxyl groups is 1. The van der Waals surface area contributed by atoms with Crippen LogP contribution in [0.1, 0.15) is 19.3 Å². The standard InChI is InChI=1S/C20H27NOSi.2H2S/c1-23(17-10-4-2-5-11-17,18-12-6-3-7-13-18)16-20(22)19-14-8-9-15-21-19;;/h2-7,10-13,19-22H,8-9,14-16H2,1H3;2*1H2/t19-,20+;;/m0../s1. The third-order valence-corrected chi connectivity index (χ3v) is 9.70. The average molecular weight is 394 g/mol. The molecule has 0 spiro atoms. The van der Waals surface area contributed by atoms with Crippen molar-refractivity contribution in [3.05, 3.63) is 60.7 Å². The van der Waals surface area contributed by atoms with Gasteiger partial charge in [-0.1, -0.05) is 84.0 Å². The Bertz CT molecular complexity index is 566. The van der Waals surface area contributed by atoms with Crippen LogP contribution in [0.5, 0.6) is 0 Å². The highest BCUT2D eigenvalue weighted by Gasteiger charge is 2.36. The number of hydrogen-bond acceptors (Lipinski definition) is 2. The summed E-state index contributed by atoms with van der Waals surface area (Å²) in [5, 5.41) is 17.2. The first-order chi connectivity index (χ1) is 11.2. The van der Waals surface area contributed by atoms with E-state index < -0.39 is 8.07 Å². The Morgan fingerprint density at radius 2 is 1.48 bits per heavy atom. The fourth-order valence-electron chi connectivity index (χ4n) is 3.78. The van der Waals surface area contributed by atoms with Gasteiger partial charge >= 0.3 is 0 Å². The predicted molar refractivity (Wildman–Crippen MR) is 121 cm³/mol. The van der Waals surface area contributed by atoms with Crippen molar-refractivity contribution < 1.29 is 5.11 Å². The van der Waals surface area contributed by atoms with Gasteiger partial charge in [0.25, 0.3) is 0 Å². The Hall–Kier alpha value is -0.723. The third-order valence-electron chi connectivity index (χ3n) is 5.25. The van der Waals surface area contributed by atoms with Crippen LogP contribution in [0.3, 0.4) is 0 Å². The van der Waals surface area contributed by atoms with Crippen LogP contribution in [-0.2, 0) is 0 Å². The molecular formula is C20H31NOS2Si. The van der Waals surface area contributed by atoms with Crippen molar-refractivity contribution >= 4 is 45.4 Å². The van der Waals surface area contributed by atoms with E-state index in [2.05, 4.69) is 72.5 Å². The molecule has 1 aliphatic rings. The lowest BCUT2D eigenvalue weighted by molar-refractivity contribution is 0.129. The monoisotopic (exact) mass is 393 g/mol. The lowest BCUT2D eigenvalue weighted by atomic mass is 10.0. The van der Waals surface area contributed by atoms with Crippen molar-refractivity contribution in [1.82, 2.24) is 5.32 Å². The van der Waals surface area contributed by atoms with Gasteiger partial charge in [-0.2, -0.15) is 27.0 Å². The Morgan fingerprint density at radius 3 is 1.92 bits per heavy atom. The minimum atomic E-state index is -1.94. The van der Waals surface area contributed by atoms with E-state index in [1.165, 1.54) is 23.2 Å². The molecule has 2 nitrogen and oxygen atoms in total. The van der Waals surface area contributed by atoms with Gasteiger partial charge in [0.15, 0.2) is 0 Å². The molecule has 5 heteroatoms. The summed E-state index contributed by atoms with van der Waals surface area (Å²) in [6.07, 6.45) is 3.28. The second-order valence-electron chi connectivity index (χ2n) is 6.89. The summed E-state index contributed by atoms with van der Waals surface area (Å²) in [5.41, 5.74) is 0. The van der Waals surface area contributed by atoms with Gasteiger partial charge in [0.1, 0.15) is 8.07 Å². The first kappa shape index (κ1) is 22.3. The minimum Gasteiger partial charge on any atom is -0.392 e. The van der Waals surface area contributed by atoms with E-state index in [-0.39, 0.29) is 39.1 Å². The zero-order chi connectivity index (χ0) is 16.1. The Labute approximate surface area is 167 Å². The van der Waals surface area contributed by atoms with Crippen molar-refractivity contribution in [2.45, 2.75) is 44.0 Å². The molecule has 3 rings (SSSR count). The molecule has 0 bridgehead atoms. The van der Waals surface area contributed by atoms with E-state index in [4.69, 9.17) is 0 Å². The van der Waals surface area contributed by atoms with Gasteiger partial charge < -0.3 is 10.4 Å². The van der Waals surface area contributed by atoms with Crippen LogP contribution in [0, 0.1) is 0 Å². The first-order valence-corrected chi connectivity index (χ1v) is 11.4. The van der Waals surface area contributed by atoms with E-state index in [0.29, 0.717) is 0 Å². The van der Waals surface area contributed by atoms with Gasteiger partial charge in [0.05, 0.1) is 6.10 Å². The van der Waals surface area contributed by atoms with Crippen LogP contribution in [0.2, 0.25) is 12.6 Å². The molecule has 2 N–H and O–H groups in total. The van der Waals surface area contributed by atoms with Crippen LogP contribution in [0.15, 0.2) is 60.7 Å². The number of benzene rings is 2. The molecule has 0 saturated carbocycles.